The Morgan fingerprint density at radius 3 is 2.28 bits per heavy atom. The van der Waals surface area contributed by atoms with E-state index in [1.807, 2.05) is 0 Å². The van der Waals surface area contributed by atoms with Gasteiger partial charge in [0, 0.05) is 17.8 Å². The van der Waals surface area contributed by atoms with E-state index in [1.54, 1.807) is 0 Å². The maximum absolute atomic E-state index is 12.6. The molecule has 0 spiro atoms. The molecule has 0 aliphatic rings. The van der Waals surface area contributed by atoms with Crippen LogP contribution in [0.4, 0.5) is 24.5 Å². The second-order valence-electron chi connectivity index (χ2n) is 5.75. The van der Waals surface area contributed by atoms with E-state index in [0.717, 1.165) is 36.4 Å². The fourth-order valence-corrected chi connectivity index (χ4v) is 2.23. The Labute approximate surface area is 162 Å². The van der Waals surface area contributed by atoms with Gasteiger partial charge in [-0.2, -0.15) is 13.2 Å². The van der Waals surface area contributed by atoms with Gasteiger partial charge in [0.05, 0.1) is 17.6 Å². The van der Waals surface area contributed by atoms with Crippen LogP contribution in [0.15, 0.2) is 42.5 Å². The SMILES string of the molecule is COc1ccc([N+](=O)[O-])cc1C(=O)O[C@@H](C)C(=O)Nc1ccc(C(F)(F)F)cc1. The summed E-state index contributed by atoms with van der Waals surface area (Å²) in [4.78, 5) is 34.6. The molecule has 2 aromatic rings. The largest absolute Gasteiger partial charge is 0.496 e. The summed E-state index contributed by atoms with van der Waals surface area (Å²) in [5.41, 5.74) is -1.44. The first-order valence-electron chi connectivity index (χ1n) is 8.04. The van der Waals surface area contributed by atoms with Gasteiger partial charge in [-0.25, -0.2) is 4.79 Å². The van der Waals surface area contributed by atoms with Crippen LogP contribution in [0, 0.1) is 10.1 Å². The molecule has 1 N–H and O–H groups in total. The van der Waals surface area contributed by atoms with Gasteiger partial charge in [-0.3, -0.25) is 14.9 Å². The van der Waals surface area contributed by atoms with Crippen LogP contribution in [-0.4, -0.2) is 30.0 Å². The molecule has 1 amide bonds. The lowest BCUT2D eigenvalue weighted by molar-refractivity contribution is -0.384. The second-order valence-corrected chi connectivity index (χ2v) is 5.75. The predicted molar refractivity (Wildman–Crippen MR) is 94.6 cm³/mol. The molecule has 0 aliphatic heterocycles. The number of anilines is 1. The molecule has 1 atom stereocenters. The number of nitrogens with one attached hydrogen (secondary N) is 1. The van der Waals surface area contributed by atoms with Crippen LogP contribution >= 0.6 is 0 Å². The highest BCUT2D eigenvalue weighted by atomic mass is 19.4. The highest BCUT2D eigenvalue weighted by Crippen LogP contribution is 2.30. The summed E-state index contributed by atoms with van der Waals surface area (Å²) in [5.74, 6) is -1.83. The van der Waals surface area contributed by atoms with Crippen molar-refractivity contribution in [2.75, 3.05) is 12.4 Å². The molecule has 0 aliphatic carbocycles. The number of non-ortho nitro benzene ring substituents is 1. The normalized spacial score (nSPS) is 12.0. The van der Waals surface area contributed by atoms with Gasteiger partial charge in [-0.1, -0.05) is 0 Å². The molecular formula is C18H15F3N2O6. The molecule has 0 bridgehead atoms. The third-order valence-corrected chi connectivity index (χ3v) is 3.75. The average molecular weight is 412 g/mol. The van der Waals surface area contributed by atoms with Crippen LogP contribution in [0.2, 0.25) is 0 Å². The number of methoxy groups -OCH3 is 1. The topological polar surface area (TPSA) is 108 Å². The molecule has 0 fully saturated rings. The minimum absolute atomic E-state index is 0.0101. The molecule has 8 nitrogen and oxygen atoms in total. The number of ether oxygens (including phenoxy) is 2. The number of benzene rings is 2. The number of rotatable bonds is 6. The zero-order valence-corrected chi connectivity index (χ0v) is 15.1. The van der Waals surface area contributed by atoms with Gasteiger partial charge in [0.1, 0.15) is 11.3 Å². The molecular weight excluding hydrogens is 397 g/mol. The van der Waals surface area contributed by atoms with E-state index in [2.05, 4.69) is 5.32 Å². The highest BCUT2D eigenvalue weighted by molar-refractivity contribution is 5.98. The number of halogens is 3. The van der Waals surface area contributed by atoms with Crippen LogP contribution in [0.5, 0.6) is 5.75 Å². The minimum atomic E-state index is -4.51. The van der Waals surface area contributed by atoms with Crippen molar-refractivity contribution >= 4 is 23.3 Å². The third-order valence-electron chi connectivity index (χ3n) is 3.75. The van der Waals surface area contributed by atoms with E-state index in [-0.39, 0.29) is 22.7 Å². The van der Waals surface area contributed by atoms with Crippen molar-refractivity contribution in [1.29, 1.82) is 0 Å². The Morgan fingerprint density at radius 2 is 1.76 bits per heavy atom. The molecule has 2 rings (SSSR count). The Kier molecular flexibility index (Phi) is 6.42. The van der Waals surface area contributed by atoms with Gasteiger partial charge in [0.2, 0.25) is 0 Å². The van der Waals surface area contributed by atoms with Crippen LogP contribution in [0.1, 0.15) is 22.8 Å². The quantitative estimate of drug-likeness (QED) is 0.439. The van der Waals surface area contributed by atoms with Crippen molar-refractivity contribution < 1.29 is 37.2 Å². The van der Waals surface area contributed by atoms with E-state index in [0.29, 0.717) is 0 Å². The van der Waals surface area contributed by atoms with Crippen LogP contribution in [0.3, 0.4) is 0 Å². The summed E-state index contributed by atoms with van der Waals surface area (Å²) in [5, 5.41) is 13.2. The van der Waals surface area contributed by atoms with E-state index < -0.39 is 34.6 Å². The number of nitro benzene ring substituents is 1. The number of nitro groups is 1. The van der Waals surface area contributed by atoms with Crippen LogP contribution in [-0.2, 0) is 15.7 Å². The first-order valence-corrected chi connectivity index (χ1v) is 8.04. The van der Waals surface area contributed by atoms with Gasteiger partial charge >= 0.3 is 12.1 Å². The number of esters is 1. The van der Waals surface area contributed by atoms with Gasteiger partial charge < -0.3 is 14.8 Å². The Hall–Kier alpha value is -3.63. The summed E-state index contributed by atoms with van der Waals surface area (Å²) >= 11 is 0. The highest BCUT2D eigenvalue weighted by Gasteiger charge is 2.30. The summed E-state index contributed by atoms with van der Waals surface area (Å²) in [6, 6.07) is 6.98. The molecule has 0 radical (unpaired) electrons. The van der Waals surface area contributed by atoms with Gasteiger partial charge in [0.25, 0.3) is 11.6 Å². The molecule has 0 saturated carbocycles. The van der Waals surface area contributed by atoms with Crippen molar-refractivity contribution in [2.24, 2.45) is 0 Å². The Bertz CT molecular complexity index is 928. The Balaban J connectivity index is 2.08. The molecule has 2 aromatic carbocycles. The number of alkyl halides is 3. The van der Waals surface area contributed by atoms with E-state index in [4.69, 9.17) is 9.47 Å². The first kappa shape index (κ1) is 21.7. The molecule has 154 valence electrons. The molecule has 11 heteroatoms. The summed E-state index contributed by atoms with van der Waals surface area (Å²) in [6.45, 7) is 1.24. The summed E-state index contributed by atoms with van der Waals surface area (Å²) < 4.78 is 47.6. The standard InChI is InChI=1S/C18H15F3N2O6/c1-10(16(24)22-12-5-3-11(4-6-12)18(19,20)21)29-17(25)14-9-13(23(26)27)7-8-15(14)28-2/h3-10H,1-2H3,(H,22,24)/t10-/m0/s1. The van der Waals surface area contributed by atoms with Crippen LogP contribution in [0.25, 0.3) is 0 Å². The number of carbonyl (C=O) groups is 2. The number of hydrogen-bond donors (Lipinski definition) is 1. The van der Waals surface area contributed by atoms with Crippen LogP contribution < -0.4 is 10.1 Å². The number of hydrogen-bond acceptors (Lipinski definition) is 6. The number of carbonyl (C=O) groups excluding carboxylic acids is 2. The lowest BCUT2D eigenvalue weighted by Crippen LogP contribution is -2.30. The maximum atomic E-state index is 12.6. The Morgan fingerprint density at radius 1 is 1.14 bits per heavy atom. The first-order chi connectivity index (χ1) is 13.5. The van der Waals surface area contributed by atoms with Crippen molar-refractivity contribution in [1.82, 2.24) is 0 Å². The molecule has 0 saturated heterocycles. The summed E-state index contributed by atoms with van der Waals surface area (Å²) in [7, 11) is 1.25. The number of amides is 1. The van der Waals surface area contributed by atoms with Crippen molar-refractivity contribution in [3.63, 3.8) is 0 Å². The molecule has 29 heavy (non-hydrogen) atoms. The number of nitrogens with zero attached hydrogens (tertiary/aromatic N) is 1. The smallest absolute Gasteiger partial charge is 0.416 e. The second kappa shape index (κ2) is 8.59. The van der Waals surface area contributed by atoms with Crippen molar-refractivity contribution in [3.05, 3.63) is 63.7 Å². The van der Waals surface area contributed by atoms with Gasteiger partial charge in [-0.05, 0) is 37.3 Å². The summed E-state index contributed by atoms with van der Waals surface area (Å²) in [6.07, 6.45) is -5.85. The van der Waals surface area contributed by atoms with E-state index >= 15 is 0 Å². The minimum Gasteiger partial charge on any atom is -0.496 e. The fraction of sp³-hybridized carbons (Fsp3) is 0.222. The van der Waals surface area contributed by atoms with Crippen molar-refractivity contribution in [2.45, 2.75) is 19.2 Å². The third kappa shape index (κ3) is 5.43. The zero-order valence-electron chi connectivity index (χ0n) is 15.1. The molecule has 0 unspecified atom stereocenters. The maximum Gasteiger partial charge on any atom is 0.416 e. The van der Waals surface area contributed by atoms with Gasteiger partial charge in [0.15, 0.2) is 6.10 Å². The van der Waals surface area contributed by atoms with E-state index in [1.165, 1.54) is 20.1 Å². The lowest BCUT2D eigenvalue weighted by atomic mass is 10.1. The average Bonchev–Trinajstić information content (AvgIpc) is 2.66. The zero-order chi connectivity index (χ0) is 21.8. The van der Waals surface area contributed by atoms with Crippen molar-refractivity contribution in [3.8, 4) is 5.75 Å². The van der Waals surface area contributed by atoms with E-state index in [9.17, 15) is 32.9 Å². The fourth-order valence-electron chi connectivity index (χ4n) is 2.23. The molecule has 0 aromatic heterocycles. The molecule has 0 heterocycles. The predicted octanol–water partition coefficient (Wildman–Crippen LogP) is 3.81. The lowest BCUT2D eigenvalue weighted by Gasteiger charge is -2.15. The van der Waals surface area contributed by atoms with Gasteiger partial charge in [-0.15, -0.1) is 0 Å². The monoisotopic (exact) mass is 412 g/mol.